The van der Waals surface area contributed by atoms with E-state index in [0.29, 0.717) is 12.5 Å². The van der Waals surface area contributed by atoms with Crippen molar-refractivity contribution in [2.45, 2.75) is 20.4 Å². The molecule has 2 aromatic rings. The zero-order valence-corrected chi connectivity index (χ0v) is 13.4. The number of carbonyl (C=O) groups excluding carboxylic acids is 1. The fraction of sp³-hybridized carbons (Fsp3) is 0.222. The second-order valence-corrected chi connectivity index (χ2v) is 5.53. The van der Waals surface area contributed by atoms with Crippen molar-refractivity contribution in [2.75, 3.05) is 10.6 Å². The van der Waals surface area contributed by atoms with Crippen LogP contribution in [0.4, 0.5) is 11.4 Å². The summed E-state index contributed by atoms with van der Waals surface area (Å²) in [4.78, 5) is 15.9. The molecule has 0 aromatic heterocycles. The molecule has 0 bridgehead atoms. The van der Waals surface area contributed by atoms with Crippen molar-refractivity contribution in [2.24, 2.45) is 16.6 Å². The molecule has 120 valence electrons. The van der Waals surface area contributed by atoms with E-state index in [4.69, 9.17) is 5.73 Å². The Bertz CT molecular complexity index is 663. The van der Waals surface area contributed by atoms with Gasteiger partial charge in [-0.2, -0.15) is 0 Å². The Morgan fingerprint density at radius 2 is 1.61 bits per heavy atom. The third-order valence-electron chi connectivity index (χ3n) is 3.22. The van der Waals surface area contributed by atoms with Gasteiger partial charge in [0, 0.05) is 17.3 Å². The number of nitrogens with one attached hydrogen (secondary N) is 2. The molecule has 0 atom stereocenters. The van der Waals surface area contributed by atoms with Gasteiger partial charge in [-0.15, -0.1) is 0 Å². The maximum absolute atomic E-state index is 11.6. The molecule has 2 aromatic carbocycles. The van der Waals surface area contributed by atoms with Crippen LogP contribution in [0.5, 0.6) is 0 Å². The van der Waals surface area contributed by atoms with Crippen molar-refractivity contribution in [1.29, 1.82) is 0 Å². The molecule has 0 heterocycles. The molecule has 4 N–H and O–H groups in total. The molecule has 0 fully saturated rings. The van der Waals surface area contributed by atoms with E-state index >= 15 is 0 Å². The lowest BCUT2D eigenvalue weighted by Gasteiger charge is -2.08. The highest BCUT2D eigenvalue weighted by Crippen LogP contribution is 2.12. The standard InChI is InChI=1S/C18H22N4O/c1-13(2)17(23)21-16-10-8-14(9-11-16)12-20-18(19)22-15-6-4-3-5-7-15/h3-11,13H,12H2,1-2H3,(H,21,23)(H3,19,20,22). The van der Waals surface area contributed by atoms with E-state index in [0.717, 1.165) is 16.9 Å². The van der Waals surface area contributed by atoms with Gasteiger partial charge in [-0.05, 0) is 29.8 Å². The van der Waals surface area contributed by atoms with E-state index in [9.17, 15) is 4.79 Å². The van der Waals surface area contributed by atoms with Crippen molar-refractivity contribution in [3.63, 3.8) is 0 Å². The first kappa shape index (κ1) is 16.5. The zero-order chi connectivity index (χ0) is 16.7. The predicted octanol–water partition coefficient (Wildman–Crippen LogP) is 3.21. The maximum atomic E-state index is 11.6. The normalized spacial score (nSPS) is 11.3. The maximum Gasteiger partial charge on any atom is 0.226 e. The number of carbonyl (C=O) groups is 1. The van der Waals surface area contributed by atoms with E-state index in [1.165, 1.54) is 0 Å². The molecule has 23 heavy (non-hydrogen) atoms. The largest absolute Gasteiger partial charge is 0.370 e. The molecule has 0 spiro atoms. The molecule has 0 unspecified atom stereocenters. The van der Waals surface area contributed by atoms with Gasteiger partial charge >= 0.3 is 0 Å². The Morgan fingerprint density at radius 1 is 1.00 bits per heavy atom. The highest BCUT2D eigenvalue weighted by Gasteiger charge is 2.06. The van der Waals surface area contributed by atoms with Crippen LogP contribution < -0.4 is 16.4 Å². The molecule has 0 saturated heterocycles. The lowest BCUT2D eigenvalue weighted by Crippen LogP contribution is -2.22. The molecule has 1 amide bonds. The second-order valence-electron chi connectivity index (χ2n) is 5.53. The quantitative estimate of drug-likeness (QED) is 0.586. The molecular formula is C18H22N4O. The van der Waals surface area contributed by atoms with E-state index in [1.54, 1.807) is 0 Å². The van der Waals surface area contributed by atoms with Crippen molar-refractivity contribution in [3.05, 3.63) is 60.2 Å². The number of nitrogens with zero attached hydrogens (tertiary/aromatic N) is 1. The van der Waals surface area contributed by atoms with Crippen molar-refractivity contribution < 1.29 is 4.79 Å². The van der Waals surface area contributed by atoms with Gasteiger partial charge in [-0.25, -0.2) is 4.99 Å². The van der Waals surface area contributed by atoms with E-state index in [2.05, 4.69) is 15.6 Å². The minimum absolute atomic E-state index is 0.00655. The topological polar surface area (TPSA) is 79.5 Å². The summed E-state index contributed by atoms with van der Waals surface area (Å²) < 4.78 is 0. The van der Waals surface area contributed by atoms with Crippen LogP contribution in [-0.2, 0) is 11.3 Å². The second kappa shape index (κ2) is 7.98. The van der Waals surface area contributed by atoms with Crippen LogP contribution in [-0.4, -0.2) is 11.9 Å². The Hall–Kier alpha value is -2.82. The third-order valence-corrected chi connectivity index (χ3v) is 3.22. The first-order valence-electron chi connectivity index (χ1n) is 7.56. The average Bonchev–Trinajstić information content (AvgIpc) is 2.55. The summed E-state index contributed by atoms with van der Waals surface area (Å²) in [6.45, 7) is 4.20. The van der Waals surface area contributed by atoms with E-state index in [-0.39, 0.29) is 11.8 Å². The molecular weight excluding hydrogens is 288 g/mol. The number of nitrogens with two attached hydrogens (primary N) is 1. The predicted molar refractivity (Wildman–Crippen MR) is 95.3 cm³/mol. The first-order valence-corrected chi connectivity index (χ1v) is 7.56. The average molecular weight is 310 g/mol. The molecule has 0 aliphatic heterocycles. The van der Waals surface area contributed by atoms with Crippen LogP contribution in [0.15, 0.2) is 59.6 Å². The summed E-state index contributed by atoms with van der Waals surface area (Å²) in [6.07, 6.45) is 0. The van der Waals surface area contributed by atoms with Crippen LogP contribution >= 0.6 is 0 Å². The zero-order valence-electron chi connectivity index (χ0n) is 13.4. The van der Waals surface area contributed by atoms with Gasteiger partial charge in [-0.3, -0.25) is 4.79 Å². The van der Waals surface area contributed by atoms with Gasteiger partial charge in [0.05, 0.1) is 6.54 Å². The van der Waals surface area contributed by atoms with Gasteiger partial charge < -0.3 is 16.4 Å². The number of para-hydroxylation sites is 1. The number of hydrogen-bond donors (Lipinski definition) is 3. The summed E-state index contributed by atoms with van der Waals surface area (Å²) in [5.41, 5.74) is 8.57. The summed E-state index contributed by atoms with van der Waals surface area (Å²) in [7, 11) is 0. The molecule has 0 aliphatic carbocycles. The number of aliphatic imine (C=N–C) groups is 1. The highest BCUT2D eigenvalue weighted by molar-refractivity contribution is 5.92. The highest BCUT2D eigenvalue weighted by atomic mass is 16.1. The van der Waals surface area contributed by atoms with E-state index in [1.807, 2.05) is 68.4 Å². The monoisotopic (exact) mass is 310 g/mol. The van der Waals surface area contributed by atoms with Crippen LogP contribution in [0.25, 0.3) is 0 Å². The molecule has 2 rings (SSSR count). The minimum Gasteiger partial charge on any atom is -0.370 e. The van der Waals surface area contributed by atoms with Gasteiger partial charge in [0.2, 0.25) is 5.91 Å². The lowest BCUT2D eigenvalue weighted by atomic mass is 10.2. The molecule has 0 aliphatic rings. The molecule has 0 radical (unpaired) electrons. The fourth-order valence-electron chi connectivity index (χ4n) is 1.87. The van der Waals surface area contributed by atoms with E-state index < -0.39 is 0 Å². The van der Waals surface area contributed by atoms with Gasteiger partial charge in [0.1, 0.15) is 0 Å². The lowest BCUT2D eigenvalue weighted by molar-refractivity contribution is -0.118. The SMILES string of the molecule is CC(C)C(=O)Nc1ccc(CN=C(N)Nc2ccccc2)cc1. The third kappa shape index (κ3) is 5.47. The minimum atomic E-state index is -0.0388. The van der Waals surface area contributed by atoms with Gasteiger partial charge in [-0.1, -0.05) is 44.2 Å². The smallest absolute Gasteiger partial charge is 0.226 e. The van der Waals surface area contributed by atoms with Crippen molar-refractivity contribution in [1.82, 2.24) is 0 Å². The van der Waals surface area contributed by atoms with Crippen LogP contribution in [0.3, 0.4) is 0 Å². The Morgan fingerprint density at radius 3 is 2.22 bits per heavy atom. The fourth-order valence-corrected chi connectivity index (χ4v) is 1.87. The molecule has 5 nitrogen and oxygen atoms in total. The van der Waals surface area contributed by atoms with Crippen LogP contribution in [0.2, 0.25) is 0 Å². The number of hydrogen-bond acceptors (Lipinski definition) is 2. The van der Waals surface area contributed by atoms with Crippen molar-refractivity contribution >= 4 is 23.2 Å². The van der Waals surface area contributed by atoms with Crippen LogP contribution in [0.1, 0.15) is 19.4 Å². The number of rotatable bonds is 5. The summed E-state index contributed by atoms with van der Waals surface area (Å²) in [5.74, 6) is 0.337. The van der Waals surface area contributed by atoms with Crippen LogP contribution in [0, 0.1) is 5.92 Å². The Kier molecular flexibility index (Phi) is 5.74. The Balaban J connectivity index is 1.90. The number of guanidine groups is 1. The van der Waals surface area contributed by atoms with Gasteiger partial charge in [0.15, 0.2) is 5.96 Å². The summed E-state index contributed by atoms with van der Waals surface area (Å²) in [5, 5.41) is 5.89. The number of amides is 1. The Labute approximate surface area is 136 Å². The number of benzene rings is 2. The number of anilines is 2. The first-order chi connectivity index (χ1) is 11.0. The molecule has 0 saturated carbocycles. The van der Waals surface area contributed by atoms with Crippen molar-refractivity contribution in [3.8, 4) is 0 Å². The summed E-state index contributed by atoms with van der Waals surface area (Å²) >= 11 is 0. The molecule has 5 heteroatoms. The van der Waals surface area contributed by atoms with Gasteiger partial charge in [0.25, 0.3) is 0 Å². The summed E-state index contributed by atoms with van der Waals surface area (Å²) in [6, 6.07) is 17.2.